The lowest BCUT2D eigenvalue weighted by molar-refractivity contribution is -0.136. The number of aliphatic carboxylic acids is 1. The topological polar surface area (TPSA) is 75.4 Å². The molecule has 5 nitrogen and oxygen atoms in total. The van der Waals surface area contributed by atoms with Gasteiger partial charge in [0.05, 0.1) is 23.0 Å². The average molecular weight is 206 g/mol. The van der Waals surface area contributed by atoms with E-state index < -0.39 is 5.97 Å². The van der Waals surface area contributed by atoms with Crippen molar-refractivity contribution < 1.29 is 15.0 Å². The lowest BCUT2D eigenvalue weighted by Crippen LogP contribution is -2.01. The van der Waals surface area contributed by atoms with Crippen LogP contribution in [0.1, 0.15) is 5.69 Å². The van der Waals surface area contributed by atoms with E-state index >= 15 is 0 Å². The highest BCUT2D eigenvalue weighted by Gasteiger charge is 2.14. The zero-order chi connectivity index (χ0) is 11.0. The summed E-state index contributed by atoms with van der Waals surface area (Å²) < 4.78 is 1.56. The fraction of sp³-hybridized carbons (Fsp3) is 0.200. The summed E-state index contributed by atoms with van der Waals surface area (Å²) in [7, 11) is 1.72. The number of aromatic nitrogens is 2. The van der Waals surface area contributed by atoms with Gasteiger partial charge in [-0.05, 0) is 12.1 Å². The van der Waals surface area contributed by atoms with Crippen LogP contribution in [0.4, 0.5) is 0 Å². The summed E-state index contributed by atoms with van der Waals surface area (Å²) in [5.41, 5.74) is 1.12. The smallest absolute Gasteiger partial charge is 0.309 e. The number of aryl methyl sites for hydroxylation is 1. The molecule has 0 unspecified atom stereocenters. The molecule has 78 valence electrons. The molecule has 0 bridgehead atoms. The van der Waals surface area contributed by atoms with Crippen LogP contribution in [0.2, 0.25) is 0 Å². The lowest BCUT2D eigenvalue weighted by Gasteiger charge is -1.96. The molecule has 0 spiro atoms. The van der Waals surface area contributed by atoms with Crippen LogP contribution in [0.3, 0.4) is 0 Å². The third-order valence-electron chi connectivity index (χ3n) is 2.25. The number of benzene rings is 1. The maximum atomic E-state index is 10.6. The number of hydrogen-bond acceptors (Lipinski definition) is 3. The molecule has 1 heterocycles. The number of carboxylic acids is 1. The summed E-state index contributed by atoms with van der Waals surface area (Å²) in [5.74, 6) is -0.893. The predicted molar refractivity (Wildman–Crippen MR) is 53.7 cm³/mol. The summed E-state index contributed by atoms with van der Waals surface area (Å²) in [5, 5.41) is 22.9. The van der Waals surface area contributed by atoms with Gasteiger partial charge in [-0.2, -0.15) is 5.10 Å². The number of phenolic OH excluding ortho intramolecular Hbond substituents is 1. The Hall–Kier alpha value is -2.04. The second-order valence-corrected chi connectivity index (χ2v) is 3.31. The van der Waals surface area contributed by atoms with Crippen LogP contribution in [-0.2, 0) is 18.3 Å². The zero-order valence-electron chi connectivity index (χ0n) is 8.14. The van der Waals surface area contributed by atoms with Gasteiger partial charge in [0.25, 0.3) is 0 Å². The molecule has 2 rings (SSSR count). The highest BCUT2D eigenvalue weighted by atomic mass is 16.4. The van der Waals surface area contributed by atoms with Crippen molar-refractivity contribution in [3.05, 3.63) is 23.9 Å². The van der Waals surface area contributed by atoms with Crippen LogP contribution in [0, 0.1) is 0 Å². The van der Waals surface area contributed by atoms with Gasteiger partial charge in [0, 0.05) is 7.05 Å². The number of rotatable bonds is 2. The van der Waals surface area contributed by atoms with Crippen molar-refractivity contribution in [1.82, 2.24) is 9.78 Å². The maximum Gasteiger partial charge on any atom is 0.309 e. The van der Waals surface area contributed by atoms with Crippen LogP contribution in [-0.4, -0.2) is 26.0 Å². The number of carboxylic acid groups (broad SMARTS) is 1. The third kappa shape index (κ3) is 1.52. The summed E-state index contributed by atoms with van der Waals surface area (Å²) in [6.45, 7) is 0. The van der Waals surface area contributed by atoms with E-state index in [9.17, 15) is 9.90 Å². The quantitative estimate of drug-likeness (QED) is 0.765. The first-order valence-corrected chi connectivity index (χ1v) is 4.45. The monoisotopic (exact) mass is 206 g/mol. The van der Waals surface area contributed by atoms with Crippen molar-refractivity contribution >= 4 is 16.9 Å². The van der Waals surface area contributed by atoms with E-state index in [0.29, 0.717) is 11.1 Å². The highest BCUT2D eigenvalue weighted by Crippen LogP contribution is 2.27. The van der Waals surface area contributed by atoms with Gasteiger partial charge in [-0.1, -0.05) is 6.07 Å². The van der Waals surface area contributed by atoms with E-state index in [1.807, 2.05) is 0 Å². The molecular weight excluding hydrogens is 196 g/mol. The molecule has 0 atom stereocenters. The number of nitrogens with zero attached hydrogens (tertiary/aromatic N) is 2. The predicted octanol–water partition coefficient (Wildman–Crippen LogP) is 0.906. The van der Waals surface area contributed by atoms with Crippen molar-refractivity contribution in [3.8, 4) is 5.75 Å². The normalized spacial score (nSPS) is 10.7. The van der Waals surface area contributed by atoms with Crippen LogP contribution in [0.15, 0.2) is 18.2 Å². The Balaban J connectivity index is 2.70. The van der Waals surface area contributed by atoms with Crippen LogP contribution in [0.25, 0.3) is 10.9 Å². The fourth-order valence-corrected chi connectivity index (χ4v) is 1.65. The molecule has 0 saturated heterocycles. The summed E-state index contributed by atoms with van der Waals surface area (Å²) in [4.78, 5) is 10.6. The first kappa shape index (κ1) is 9.51. The minimum atomic E-state index is -0.960. The molecule has 5 heteroatoms. The number of carbonyl (C=O) groups is 1. The number of hydrogen-bond donors (Lipinski definition) is 2. The van der Waals surface area contributed by atoms with Gasteiger partial charge in [0.2, 0.25) is 0 Å². The molecule has 0 aliphatic carbocycles. The first-order chi connectivity index (χ1) is 7.09. The van der Waals surface area contributed by atoms with Crippen molar-refractivity contribution in [1.29, 1.82) is 0 Å². The van der Waals surface area contributed by atoms with Crippen molar-refractivity contribution in [3.63, 3.8) is 0 Å². The molecule has 0 radical (unpaired) electrons. The van der Waals surface area contributed by atoms with E-state index in [0.717, 1.165) is 5.52 Å². The van der Waals surface area contributed by atoms with Gasteiger partial charge in [-0.3, -0.25) is 9.48 Å². The third-order valence-corrected chi connectivity index (χ3v) is 2.25. The second kappa shape index (κ2) is 3.27. The molecule has 1 aromatic heterocycles. The maximum absolute atomic E-state index is 10.6. The van der Waals surface area contributed by atoms with Crippen LogP contribution < -0.4 is 0 Å². The lowest BCUT2D eigenvalue weighted by atomic mass is 10.1. The Morgan fingerprint density at radius 2 is 2.27 bits per heavy atom. The molecule has 0 saturated carbocycles. The van der Waals surface area contributed by atoms with Gasteiger partial charge in [0.15, 0.2) is 0 Å². The first-order valence-electron chi connectivity index (χ1n) is 4.45. The highest BCUT2D eigenvalue weighted by molar-refractivity contribution is 5.90. The number of phenols is 1. The van der Waals surface area contributed by atoms with Gasteiger partial charge < -0.3 is 10.2 Å². The van der Waals surface area contributed by atoms with E-state index in [1.165, 1.54) is 6.07 Å². The standard InChI is InChI=1S/C10H10N2O3/c1-12-7-3-2-4-8(13)10(7)6(11-12)5-9(14)15/h2-4,13H,5H2,1H3,(H,14,15). The van der Waals surface area contributed by atoms with E-state index in [4.69, 9.17) is 5.11 Å². The SMILES string of the molecule is Cn1nc(CC(=O)O)c2c(O)cccc21. The summed E-state index contributed by atoms with van der Waals surface area (Å²) in [6, 6.07) is 5.01. The number of aromatic hydroxyl groups is 1. The Labute approximate surface area is 85.6 Å². The molecule has 0 aliphatic rings. The Kier molecular flexibility index (Phi) is 2.07. The van der Waals surface area contributed by atoms with Crippen molar-refractivity contribution in [2.75, 3.05) is 0 Å². The van der Waals surface area contributed by atoms with Gasteiger partial charge in [-0.15, -0.1) is 0 Å². The Morgan fingerprint density at radius 1 is 1.53 bits per heavy atom. The molecule has 2 N–H and O–H groups in total. The molecule has 0 fully saturated rings. The molecule has 2 aromatic rings. The molecule has 0 amide bonds. The van der Waals surface area contributed by atoms with Crippen LogP contribution >= 0.6 is 0 Å². The second-order valence-electron chi connectivity index (χ2n) is 3.31. The minimum absolute atomic E-state index is 0.0665. The number of fused-ring (bicyclic) bond motifs is 1. The van der Waals surface area contributed by atoms with Gasteiger partial charge >= 0.3 is 5.97 Å². The molecule has 1 aromatic carbocycles. The molecule has 0 aliphatic heterocycles. The fourth-order valence-electron chi connectivity index (χ4n) is 1.65. The summed E-state index contributed by atoms with van der Waals surface area (Å²) in [6.07, 6.45) is -0.186. The molecular formula is C10H10N2O3. The molecule has 15 heavy (non-hydrogen) atoms. The van der Waals surface area contributed by atoms with Crippen molar-refractivity contribution in [2.45, 2.75) is 6.42 Å². The van der Waals surface area contributed by atoms with E-state index in [-0.39, 0.29) is 12.2 Å². The van der Waals surface area contributed by atoms with Gasteiger partial charge in [0.1, 0.15) is 5.75 Å². The van der Waals surface area contributed by atoms with E-state index in [2.05, 4.69) is 5.10 Å². The average Bonchev–Trinajstić information content (AvgIpc) is 2.44. The van der Waals surface area contributed by atoms with E-state index in [1.54, 1.807) is 23.9 Å². The van der Waals surface area contributed by atoms with Gasteiger partial charge in [-0.25, -0.2) is 0 Å². The van der Waals surface area contributed by atoms with Crippen molar-refractivity contribution in [2.24, 2.45) is 7.05 Å². The summed E-state index contributed by atoms with van der Waals surface area (Å²) >= 11 is 0. The minimum Gasteiger partial charge on any atom is -0.507 e. The largest absolute Gasteiger partial charge is 0.507 e. The Morgan fingerprint density at radius 3 is 2.93 bits per heavy atom. The zero-order valence-corrected chi connectivity index (χ0v) is 8.14. The van der Waals surface area contributed by atoms with Crippen LogP contribution in [0.5, 0.6) is 5.75 Å². The Bertz CT molecular complexity index is 531.